The van der Waals surface area contributed by atoms with Crippen LogP contribution in [0.15, 0.2) is 48.5 Å². The fourth-order valence-electron chi connectivity index (χ4n) is 2.43. The van der Waals surface area contributed by atoms with Gasteiger partial charge in [-0.05, 0) is 35.4 Å². The summed E-state index contributed by atoms with van der Waals surface area (Å²) >= 11 is 11.6. The average molecular weight is 423 g/mol. The van der Waals surface area contributed by atoms with Gasteiger partial charge in [0.2, 0.25) is 11.8 Å². The maximum atomic E-state index is 12.2. The lowest BCUT2D eigenvalue weighted by molar-refractivity contribution is -0.145. The summed E-state index contributed by atoms with van der Waals surface area (Å²) in [4.78, 5) is 36.3. The molecule has 8 heteroatoms. The molecule has 0 saturated carbocycles. The third-order valence-corrected chi connectivity index (χ3v) is 4.38. The predicted molar refractivity (Wildman–Crippen MR) is 107 cm³/mol. The summed E-state index contributed by atoms with van der Waals surface area (Å²) in [5.41, 5.74) is 1.53. The zero-order chi connectivity index (χ0) is 20.5. The molecule has 0 unspecified atom stereocenters. The minimum absolute atomic E-state index is 0.0728. The quantitative estimate of drug-likeness (QED) is 0.640. The first-order valence-electron chi connectivity index (χ1n) is 8.50. The molecule has 6 nitrogen and oxygen atoms in total. The molecule has 28 heavy (non-hydrogen) atoms. The SMILES string of the molecule is COC(=O)[C@H](CNC(=O)Cc1ccc(Cl)cc1)NC(=O)Cc1ccc(Cl)cc1. The fraction of sp³-hybridized carbons (Fsp3) is 0.250. The van der Waals surface area contributed by atoms with E-state index in [9.17, 15) is 14.4 Å². The highest BCUT2D eigenvalue weighted by atomic mass is 35.5. The van der Waals surface area contributed by atoms with E-state index in [4.69, 9.17) is 27.9 Å². The first-order chi connectivity index (χ1) is 13.4. The molecule has 2 aromatic carbocycles. The van der Waals surface area contributed by atoms with E-state index < -0.39 is 12.0 Å². The van der Waals surface area contributed by atoms with Crippen molar-refractivity contribution in [3.8, 4) is 0 Å². The third kappa shape index (κ3) is 7.21. The first-order valence-corrected chi connectivity index (χ1v) is 9.25. The van der Waals surface area contributed by atoms with E-state index >= 15 is 0 Å². The van der Waals surface area contributed by atoms with Crippen LogP contribution in [0.25, 0.3) is 0 Å². The van der Waals surface area contributed by atoms with Crippen LogP contribution in [0.2, 0.25) is 10.0 Å². The maximum absolute atomic E-state index is 12.2. The molecular weight excluding hydrogens is 403 g/mol. The Labute approximate surface area is 173 Å². The number of hydrogen-bond donors (Lipinski definition) is 2. The standard InChI is InChI=1S/C20H20Cl2N2O4/c1-28-20(27)17(24-19(26)11-14-4-8-16(22)9-5-14)12-23-18(25)10-13-2-6-15(21)7-3-13/h2-9,17H,10-12H2,1H3,(H,23,25)(H,24,26)/t17-/m0/s1. The number of halogens is 2. The largest absolute Gasteiger partial charge is 0.467 e. The lowest BCUT2D eigenvalue weighted by atomic mass is 10.1. The summed E-state index contributed by atoms with van der Waals surface area (Å²) in [7, 11) is 1.22. The number of ether oxygens (including phenoxy) is 1. The molecule has 0 spiro atoms. The van der Waals surface area contributed by atoms with Crippen molar-refractivity contribution < 1.29 is 19.1 Å². The Bertz CT molecular complexity index is 823. The molecule has 0 heterocycles. The highest BCUT2D eigenvalue weighted by Crippen LogP contribution is 2.11. The normalized spacial score (nSPS) is 11.4. The van der Waals surface area contributed by atoms with Crippen molar-refractivity contribution >= 4 is 41.0 Å². The molecule has 148 valence electrons. The van der Waals surface area contributed by atoms with Crippen LogP contribution in [0.3, 0.4) is 0 Å². The minimum Gasteiger partial charge on any atom is -0.467 e. The van der Waals surface area contributed by atoms with Gasteiger partial charge in [-0.3, -0.25) is 9.59 Å². The van der Waals surface area contributed by atoms with Crippen LogP contribution in [0, 0.1) is 0 Å². The molecule has 2 N–H and O–H groups in total. The molecule has 0 aliphatic carbocycles. The van der Waals surface area contributed by atoms with Crippen molar-refractivity contribution in [2.75, 3.05) is 13.7 Å². The Morgan fingerprint density at radius 2 is 1.32 bits per heavy atom. The third-order valence-electron chi connectivity index (χ3n) is 3.88. The van der Waals surface area contributed by atoms with Gasteiger partial charge in [-0.15, -0.1) is 0 Å². The molecule has 0 saturated heterocycles. The molecule has 0 fully saturated rings. The maximum Gasteiger partial charge on any atom is 0.330 e. The van der Waals surface area contributed by atoms with E-state index in [2.05, 4.69) is 10.6 Å². The second kappa shape index (κ2) is 10.7. The Balaban J connectivity index is 1.88. The summed E-state index contributed by atoms with van der Waals surface area (Å²) in [6.45, 7) is -0.0779. The van der Waals surface area contributed by atoms with Gasteiger partial charge >= 0.3 is 5.97 Å². The number of esters is 1. The van der Waals surface area contributed by atoms with E-state index in [1.165, 1.54) is 7.11 Å². The van der Waals surface area contributed by atoms with Gasteiger partial charge in [0.1, 0.15) is 6.04 Å². The van der Waals surface area contributed by atoms with Crippen molar-refractivity contribution in [1.29, 1.82) is 0 Å². The molecule has 2 amide bonds. The van der Waals surface area contributed by atoms with E-state index in [-0.39, 0.29) is 31.2 Å². The van der Waals surface area contributed by atoms with Crippen LogP contribution in [0.5, 0.6) is 0 Å². The lowest BCUT2D eigenvalue weighted by Crippen LogP contribution is -2.49. The van der Waals surface area contributed by atoms with Crippen LogP contribution in [0.1, 0.15) is 11.1 Å². The number of carbonyl (C=O) groups excluding carboxylic acids is 3. The average Bonchev–Trinajstić information content (AvgIpc) is 2.68. The number of amides is 2. The molecule has 2 aromatic rings. The number of nitrogens with one attached hydrogen (secondary N) is 2. The molecule has 0 radical (unpaired) electrons. The summed E-state index contributed by atoms with van der Waals surface area (Å²) in [5.74, 6) is -1.30. The smallest absolute Gasteiger partial charge is 0.330 e. The highest BCUT2D eigenvalue weighted by Gasteiger charge is 2.22. The lowest BCUT2D eigenvalue weighted by Gasteiger charge is -2.17. The number of benzene rings is 2. The zero-order valence-corrected chi connectivity index (χ0v) is 16.7. The Kier molecular flexibility index (Phi) is 8.29. The van der Waals surface area contributed by atoms with E-state index in [1.807, 2.05) is 0 Å². The Morgan fingerprint density at radius 1 is 0.857 bits per heavy atom. The summed E-state index contributed by atoms with van der Waals surface area (Å²) in [6.07, 6.45) is 0.202. The second-order valence-electron chi connectivity index (χ2n) is 6.05. The van der Waals surface area contributed by atoms with Gasteiger partial charge in [0.05, 0.1) is 20.0 Å². The van der Waals surface area contributed by atoms with Gasteiger partial charge in [0.25, 0.3) is 0 Å². The van der Waals surface area contributed by atoms with Crippen molar-refractivity contribution in [1.82, 2.24) is 10.6 Å². The topological polar surface area (TPSA) is 84.5 Å². The zero-order valence-electron chi connectivity index (χ0n) is 15.2. The molecule has 0 aromatic heterocycles. The van der Waals surface area contributed by atoms with E-state index in [0.717, 1.165) is 11.1 Å². The predicted octanol–water partition coefficient (Wildman–Crippen LogP) is 2.55. The van der Waals surface area contributed by atoms with E-state index in [1.54, 1.807) is 48.5 Å². The van der Waals surface area contributed by atoms with Crippen molar-refractivity contribution in [3.63, 3.8) is 0 Å². The molecular formula is C20H20Cl2N2O4. The van der Waals surface area contributed by atoms with Crippen LogP contribution in [-0.4, -0.2) is 37.5 Å². The monoisotopic (exact) mass is 422 g/mol. The van der Waals surface area contributed by atoms with Gasteiger partial charge < -0.3 is 15.4 Å². The number of carbonyl (C=O) groups is 3. The van der Waals surface area contributed by atoms with Crippen LogP contribution in [-0.2, 0) is 32.0 Å². The molecule has 1 atom stereocenters. The molecule has 0 aliphatic rings. The second-order valence-corrected chi connectivity index (χ2v) is 6.93. The highest BCUT2D eigenvalue weighted by molar-refractivity contribution is 6.30. The van der Waals surface area contributed by atoms with Crippen LogP contribution in [0.4, 0.5) is 0 Å². The summed E-state index contributed by atoms with van der Waals surface area (Å²) < 4.78 is 4.71. The first kappa shape index (κ1) is 21.7. The number of rotatable bonds is 8. The van der Waals surface area contributed by atoms with Gasteiger partial charge in [-0.25, -0.2) is 4.79 Å². The fourth-order valence-corrected chi connectivity index (χ4v) is 2.69. The summed E-state index contributed by atoms with van der Waals surface area (Å²) in [6, 6.07) is 12.7. The van der Waals surface area contributed by atoms with Gasteiger partial charge in [-0.1, -0.05) is 47.5 Å². The molecule has 2 rings (SSSR count). The Hall–Kier alpha value is -2.57. The van der Waals surface area contributed by atoms with Crippen LogP contribution < -0.4 is 10.6 Å². The van der Waals surface area contributed by atoms with Gasteiger partial charge in [-0.2, -0.15) is 0 Å². The van der Waals surface area contributed by atoms with Crippen molar-refractivity contribution in [3.05, 3.63) is 69.7 Å². The Morgan fingerprint density at radius 3 is 1.79 bits per heavy atom. The number of hydrogen-bond acceptors (Lipinski definition) is 4. The number of methoxy groups -OCH3 is 1. The minimum atomic E-state index is -0.987. The molecule has 0 bridgehead atoms. The van der Waals surface area contributed by atoms with Gasteiger partial charge in [0.15, 0.2) is 0 Å². The van der Waals surface area contributed by atoms with E-state index in [0.29, 0.717) is 10.0 Å². The molecule has 0 aliphatic heterocycles. The van der Waals surface area contributed by atoms with Gasteiger partial charge in [0, 0.05) is 16.6 Å². The summed E-state index contributed by atoms with van der Waals surface area (Å²) in [5, 5.41) is 6.36. The van der Waals surface area contributed by atoms with Crippen molar-refractivity contribution in [2.24, 2.45) is 0 Å². The van der Waals surface area contributed by atoms with Crippen LogP contribution >= 0.6 is 23.2 Å². The van der Waals surface area contributed by atoms with Crippen molar-refractivity contribution in [2.45, 2.75) is 18.9 Å².